The molecule has 43 heavy (non-hydrogen) atoms. The Hall–Kier alpha value is -4.26. The summed E-state index contributed by atoms with van der Waals surface area (Å²) in [5.74, 6) is 0.169. The first-order valence-electron chi connectivity index (χ1n) is 15.6. The number of fused-ring (bicyclic) bond motifs is 1. The fourth-order valence-electron chi connectivity index (χ4n) is 7.73. The van der Waals surface area contributed by atoms with Gasteiger partial charge in [-0.2, -0.15) is 9.89 Å². The van der Waals surface area contributed by atoms with Crippen molar-refractivity contribution in [3.63, 3.8) is 0 Å². The highest BCUT2D eigenvalue weighted by molar-refractivity contribution is 5.96. The summed E-state index contributed by atoms with van der Waals surface area (Å²) in [4.78, 5) is 16.0. The van der Waals surface area contributed by atoms with Crippen LogP contribution < -0.4 is 10.3 Å². The summed E-state index contributed by atoms with van der Waals surface area (Å²) < 4.78 is 6.15. The van der Waals surface area contributed by atoms with E-state index in [1.165, 1.54) is 5.56 Å². The lowest BCUT2D eigenvalue weighted by Crippen LogP contribution is -2.43. The Morgan fingerprint density at radius 3 is 2.26 bits per heavy atom. The molecule has 3 fully saturated rings. The van der Waals surface area contributed by atoms with Crippen molar-refractivity contribution in [3.8, 4) is 0 Å². The molecule has 0 aliphatic carbocycles. The van der Waals surface area contributed by atoms with Crippen LogP contribution in [0.4, 0.5) is 0 Å². The topological polar surface area (TPSA) is 59.4 Å². The molecule has 216 valence electrons. The van der Waals surface area contributed by atoms with E-state index in [9.17, 15) is 4.79 Å². The molecular formula is C37H36N4O2. The molecule has 4 heterocycles. The molecule has 1 N–H and O–H groups in total. The molecule has 6 nitrogen and oxygen atoms in total. The van der Waals surface area contributed by atoms with Gasteiger partial charge >= 0.3 is 0 Å². The van der Waals surface area contributed by atoms with Gasteiger partial charge in [0.05, 0.1) is 28.1 Å². The van der Waals surface area contributed by atoms with Crippen LogP contribution in [0.1, 0.15) is 59.7 Å². The van der Waals surface area contributed by atoms with E-state index in [1.54, 1.807) is 0 Å². The number of hydrogen-bond donors (Lipinski definition) is 1. The van der Waals surface area contributed by atoms with Gasteiger partial charge in [0.25, 0.3) is 0 Å². The van der Waals surface area contributed by atoms with Crippen LogP contribution in [0.5, 0.6) is 0 Å². The SMILES string of the molecule is O=C1N(n2nc(C(c3ccccc3)(c3ccccc3)c3cccc(C4CCCO4)c3)c3ccccc32)CC[C@]12CCNC2. The zero-order valence-electron chi connectivity index (χ0n) is 24.3. The van der Waals surface area contributed by atoms with Crippen molar-refractivity contribution in [1.29, 1.82) is 0 Å². The number of nitrogens with one attached hydrogen (secondary N) is 1. The molecule has 6 heteroatoms. The van der Waals surface area contributed by atoms with Crippen LogP contribution in [-0.4, -0.2) is 42.0 Å². The number of para-hydroxylation sites is 1. The quantitative estimate of drug-likeness (QED) is 0.251. The molecule has 0 radical (unpaired) electrons. The Balaban J connectivity index is 1.42. The van der Waals surface area contributed by atoms with Crippen LogP contribution in [0.3, 0.4) is 0 Å². The smallest absolute Gasteiger partial charge is 0.250 e. The second-order valence-corrected chi connectivity index (χ2v) is 12.2. The normalized spacial score (nSPS) is 22.3. The molecule has 0 bridgehead atoms. The second-order valence-electron chi connectivity index (χ2n) is 12.2. The Morgan fingerprint density at radius 1 is 0.837 bits per heavy atom. The highest BCUT2D eigenvalue weighted by atomic mass is 16.5. The summed E-state index contributed by atoms with van der Waals surface area (Å²) in [6.07, 6.45) is 3.92. The number of carbonyl (C=O) groups is 1. The molecule has 4 aromatic carbocycles. The summed E-state index contributed by atoms with van der Waals surface area (Å²) in [6.45, 7) is 3.08. The van der Waals surface area contributed by atoms with E-state index < -0.39 is 5.41 Å². The average molecular weight is 569 g/mol. The molecule has 0 saturated carbocycles. The maximum absolute atomic E-state index is 14.0. The summed E-state index contributed by atoms with van der Waals surface area (Å²) in [5.41, 5.74) is 5.38. The third kappa shape index (κ3) is 4.08. The number of ether oxygens (including phenoxy) is 1. The van der Waals surface area contributed by atoms with Crippen molar-refractivity contribution in [2.45, 2.75) is 37.2 Å². The lowest BCUT2D eigenvalue weighted by atomic mass is 9.66. The first-order chi connectivity index (χ1) is 21.2. The molecule has 1 spiro atoms. The highest BCUT2D eigenvalue weighted by Gasteiger charge is 2.50. The van der Waals surface area contributed by atoms with E-state index in [0.29, 0.717) is 6.54 Å². The molecule has 3 aliphatic rings. The fourth-order valence-corrected chi connectivity index (χ4v) is 7.73. The molecule has 5 aromatic rings. The van der Waals surface area contributed by atoms with E-state index in [4.69, 9.17) is 9.84 Å². The molecule has 3 aliphatic heterocycles. The lowest BCUT2D eigenvalue weighted by molar-refractivity contribution is -0.126. The maximum atomic E-state index is 14.0. The van der Waals surface area contributed by atoms with Gasteiger partial charge in [-0.25, -0.2) is 5.01 Å². The molecular weight excluding hydrogens is 532 g/mol. The molecule has 8 rings (SSSR count). The third-order valence-corrected chi connectivity index (χ3v) is 9.92. The van der Waals surface area contributed by atoms with E-state index in [2.05, 4.69) is 108 Å². The minimum absolute atomic E-state index is 0.0944. The van der Waals surface area contributed by atoms with Crippen LogP contribution in [0.25, 0.3) is 10.9 Å². The van der Waals surface area contributed by atoms with Crippen molar-refractivity contribution >= 4 is 16.8 Å². The Bertz CT molecular complexity index is 1730. The predicted octanol–water partition coefficient (Wildman–Crippen LogP) is 6.12. The molecule has 1 unspecified atom stereocenters. The van der Waals surface area contributed by atoms with Gasteiger partial charge in [-0.15, -0.1) is 0 Å². The van der Waals surface area contributed by atoms with Gasteiger partial charge in [0.15, 0.2) is 0 Å². The number of rotatable bonds is 6. The molecule has 1 aromatic heterocycles. The number of carbonyl (C=O) groups excluding carboxylic acids is 1. The second kappa shape index (κ2) is 10.5. The molecule has 2 atom stereocenters. The zero-order valence-corrected chi connectivity index (χ0v) is 24.3. The fraction of sp³-hybridized carbons (Fsp3) is 0.297. The van der Waals surface area contributed by atoms with Gasteiger partial charge in [-0.05, 0) is 60.5 Å². The number of nitrogens with zero attached hydrogens (tertiary/aromatic N) is 3. The Labute approximate surface area is 252 Å². The van der Waals surface area contributed by atoms with Crippen molar-refractivity contribution in [1.82, 2.24) is 15.2 Å². The lowest BCUT2D eigenvalue weighted by Gasteiger charge is -2.35. The van der Waals surface area contributed by atoms with Crippen LogP contribution in [0.2, 0.25) is 0 Å². The zero-order chi connectivity index (χ0) is 28.9. The van der Waals surface area contributed by atoms with Crippen molar-refractivity contribution in [2.75, 3.05) is 31.3 Å². The summed E-state index contributed by atoms with van der Waals surface area (Å²) >= 11 is 0. The van der Waals surface area contributed by atoms with Crippen LogP contribution >= 0.6 is 0 Å². The van der Waals surface area contributed by atoms with E-state index in [-0.39, 0.29) is 17.4 Å². The predicted molar refractivity (Wildman–Crippen MR) is 169 cm³/mol. The van der Waals surface area contributed by atoms with E-state index in [0.717, 1.165) is 78.7 Å². The maximum Gasteiger partial charge on any atom is 0.250 e. The third-order valence-electron chi connectivity index (χ3n) is 9.92. The first kappa shape index (κ1) is 26.4. The van der Waals surface area contributed by atoms with Crippen LogP contribution in [-0.2, 0) is 14.9 Å². The van der Waals surface area contributed by atoms with Crippen molar-refractivity contribution in [2.24, 2.45) is 5.41 Å². The van der Waals surface area contributed by atoms with E-state index >= 15 is 0 Å². The van der Waals surface area contributed by atoms with Gasteiger partial charge in [0.2, 0.25) is 5.91 Å². The first-order valence-corrected chi connectivity index (χ1v) is 15.6. The summed E-state index contributed by atoms with van der Waals surface area (Å²) in [5, 5.41) is 11.8. The average Bonchev–Trinajstić information content (AvgIpc) is 3.89. The molecule has 1 amide bonds. The summed E-state index contributed by atoms with van der Waals surface area (Å²) in [7, 11) is 0. The van der Waals surface area contributed by atoms with Gasteiger partial charge in [-0.1, -0.05) is 103 Å². The number of aromatic nitrogens is 2. The number of hydrogen-bond acceptors (Lipinski definition) is 4. The number of amides is 1. The van der Waals surface area contributed by atoms with Gasteiger partial charge in [0.1, 0.15) is 0 Å². The Kier molecular flexibility index (Phi) is 6.42. The van der Waals surface area contributed by atoms with Crippen molar-refractivity contribution < 1.29 is 9.53 Å². The molecule has 3 saturated heterocycles. The van der Waals surface area contributed by atoms with Gasteiger partial charge in [0, 0.05) is 25.1 Å². The number of benzene rings is 4. The van der Waals surface area contributed by atoms with Gasteiger partial charge < -0.3 is 10.1 Å². The monoisotopic (exact) mass is 568 g/mol. The minimum atomic E-state index is -0.739. The summed E-state index contributed by atoms with van der Waals surface area (Å²) in [6, 6.07) is 38.7. The largest absolute Gasteiger partial charge is 0.374 e. The van der Waals surface area contributed by atoms with E-state index in [1.807, 2.05) is 15.9 Å². The Morgan fingerprint density at radius 2 is 1.56 bits per heavy atom. The van der Waals surface area contributed by atoms with Crippen LogP contribution in [0.15, 0.2) is 109 Å². The standard InChI is InChI=1S/C37H36N4O2/c42-35-36(20-22-38-26-36)21-23-40(35)41-32-18-8-7-17-31(32)34(39-41)37(28-12-3-1-4-13-28,29-14-5-2-6-15-29)30-16-9-11-27(25-30)33-19-10-24-43-33/h1-9,11-18,25,33,38H,10,19-24,26H2/t33?,36-/m0/s1. The van der Waals surface area contributed by atoms with Crippen molar-refractivity contribution in [3.05, 3.63) is 137 Å². The van der Waals surface area contributed by atoms with Crippen LogP contribution in [0, 0.1) is 5.41 Å². The minimum Gasteiger partial charge on any atom is -0.374 e. The highest BCUT2D eigenvalue weighted by Crippen LogP contribution is 2.48. The van der Waals surface area contributed by atoms with Gasteiger partial charge in [-0.3, -0.25) is 4.79 Å².